The molecule has 0 aliphatic heterocycles. The summed E-state index contributed by atoms with van der Waals surface area (Å²) in [5, 5.41) is 2.85. The lowest BCUT2D eigenvalue weighted by Crippen LogP contribution is -2.14. The first kappa shape index (κ1) is 18.7. The zero-order valence-electron chi connectivity index (χ0n) is 16.1. The molecule has 0 fully saturated rings. The fraction of sp³-hybridized carbons (Fsp3) is 0.350. The first-order valence-electron chi connectivity index (χ1n) is 8.87. The number of oxazole rings is 1. The number of nitrogens with one attached hydrogen (secondary N) is 2. The molecule has 7 heteroatoms. The standard InChI is InChI=1S/C20H23N3O4/c1-6-13-16(20(25)26-5)11(4)17(22-13)18(24)21-12-7-8-15-14(9-12)23-19(27-15)10(2)3/h7-10,22H,6H2,1-5H3,(H,21,24). The first-order valence-corrected chi connectivity index (χ1v) is 8.87. The van der Waals surface area contributed by atoms with Crippen molar-refractivity contribution in [1.29, 1.82) is 0 Å². The molecule has 0 spiro atoms. The molecule has 0 aliphatic carbocycles. The second-order valence-corrected chi connectivity index (χ2v) is 6.67. The van der Waals surface area contributed by atoms with Gasteiger partial charge in [0, 0.05) is 17.3 Å². The van der Waals surface area contributed by atoms with Crippen LogP contribution in [0.1, 0.15) is 64.7 Å². The summed E-state index contributed by atoms with van der Waals surface area (Å²) in [6, 6.07) is 5.31. The molecule has 1 aromatic carbocycles. The van der Waals surface area contributed by atoms with E-state index in [4.69, 9.17) is 9.15 Å². The van der Waals surface area contributed by atoms with Gasteiger partial charge in [-0.05, 0) is 37.1 Å². The number of anilines is 1. The third-order valence-electron chi connectivity index (χ3n) is 4.45. The molecule has 0 bridgehead atoms. The van der Waals surface area contributed by atoms with Gasteiger partial charge in [-0.15, -0.1) is 0 Å². The molecule has 3 rings (SSSR count). The number of fused-ring (bicyclic) bond motifs is 1. The molecule has 3 aromatic rings. The fourth-order valence-corrected chi connectivity index (χ4v) is 2.99. The molecule has 0 radical (unpaired) electrons. The summed E-state index contributed by atoms with van der Waals surface area (Å²) in [5.41, 5.74) is 3.97. The highest BCUT2D eigenvalue weighted by molar-refractivity contribution is 6.07. The summed E-state index contributed by atoms with van der Waals surface area (Å²) in [6.07, 6.45) is 0.585. The van der Waals surface area contributed by atoms with Crippen LogP contribution < -0.4 is 5.32 Å². The Hall–Kier alpha value is -3.09. The molecule has 0 saturated carbocycles. The Morgan fingerprint density at radius 3 is 2.70 bits per heavy atom. The van der Waals surface area contributed by atoms with E-state index in [0.29, 0.717) is 51.6 Å². The topological polar surface area (TPSA) is 97.2 Å². The van der Waals surface area contributed by atoms with Gasteiger partial charge in [0.15, 0.2) is 11.5 Å². The van der Waals surface area contributed by atoms with Gasteiger partial charge in [-0.25, -0.2) is 9.78 Å². The lowest BCUT2D eigenvalue weighted by Gasteiger charge is -2.05. The van der Waals surface area contributed by atoms with Crippen LogP contribution in [-0.4, -0.2) is 29.0 Å². The molecule has 2 heterocycles. The largest absolute Gasteiger partial charge is 0.465 e. The van der Waals surface area contributed by atoms with Gasteiger partial charge in [-0.3, -0.25) is 4.79 Å². The summed E-state index contributed by atoms with van der Waals surface area (Å²) in [5.74, 6) is 0.0550. The van der Waals surface area contributed by atoms with Gasteiger partial charge in [-0.1, -0.05) is 20.8 Å². The van der Waals surface area contributed by atoms with Gasteiger partial charge in [-0.2, -0.15) is 0 Å². The molecule has 0 saturated heterocycles. The normalized spacial score (nSPS) is 11.2. The minimum atomic E-state index is -0.454. The van der Waals surface area contributed by atoms with Gasteiger partial charge in [0.2, 0.25) is 0 Å². The second-order valence-electron chi connectivity index (χ2n) is 6.67. The lowest BCUT2D eigenvalue weighted by molar-refractivity contribution is 0.0599. The van der Waals surface area contributed by atoms with E-state index < -0.39 is 5.97 Å². The Kier molecular flexibility index (Phi) is 5.03. The molecule has 2 N–H and O–H groups in total. The average molecular weight is 369 g/mol. The molecule has 2 aromatic heterocycles. The number of amides is 1. The minimum absolute atomic E-state index is 0.182. The van der Waals surface area contributed by atoms with Crippen LogP contribution in [0.4, 0.5) is 5.69 Å². The van der Waals surface area contributed by atoms with E-state index in [-0.39, 0.29) is 11.8 Å². The highest BCUT2D eigenvalue weighted by Gasteiger charge is 2.23. The van der Waals surface area contributed by atoms with Crippen LogP contribution in [0.15, 0.2) is 22.6 Å². The smallest absolute Gasteiger partial charge is 0.339 e. The SMILES string of the molecule is CCc1[nH]c(C(=O)Nc2ccc3oc(C(C)C)nc3c2)c(C)c1C(=O)OC. The Bertz CT molecular complexity index is 1010. The van der Waals surface area contributed by atoms with Crippen molar-refractivity contribution in [1.82, 2.24) is 9.97 Å². The maximum Gasteiger partial charge on any atom is 0.339 e. The van der Waals surface area contributed by atoms with E-state index in [0.717, 1.165) is 0 Å². The lowest BCUT2D eigenvalue weighted by atomic mass is 10.1. The number of ether oxygens (including phenoxy) is 1. The predicted molar refractivity (Wildman–Crippen MR) is 102 cm³/mol. The molecular formula is C20H23N3O4. The molecule has 0 atom stereocenters. The summed E-state index contributed by atoms with van der Waals surface area (Å²) in [4.78, 5) is 32.3. The van der Waals surface area contributed by atoms with Crippen LogP contribution >= 0.6 is 0 Å². The third kappa shape index (κ3) is 3.45. The number of H-pyrrole nitrogens is 1. The van der Waals surface area contributed by atoms with Crippen LogP contribution in [-0.2, 0) is 11.2 Å². The van der Waals surface area contributed by atoms with E-state index in [1.165, 1.54) is 7.11 Å². The van der Waals surface area contributed by atoms with Gasteiger partial charge in [0.1, 0.15) is 11.2 Å². The van der Waals surface area contributed by atoms with Gasteiger partial charge in [0.25, 0.3) is 5.91 Å². The van der Waals surface area contributed by atoms with Crippen molar-refractivity contribution < 1.29 is 18.7 Å². The van der Waals surface area contributed by atoms with Crippen LogP contribution in [0.2, 0.25) is 0 Å². The zero-order chi connectivity index (χ0) is 19.7. The number of hydrogen-bond acceptors (Lipinski definition) is 5. The van der Waals surface area contributed by atoms with Gasteiger partial charge >= 0.3 is 5.97 Å². The number of aromatic amines is 1. The van der Waals surface area contributed by atoms with E-state index in [1.54, 1.807) is 25.1 Å². The van der Waals surface area contributed by atoms with Crippen molar-refractivity contribution in [2.45, 2.75) is 40.0 Å². The van der Waals surface area contributed by atoms with Crippen molar-refractivity contribution in [3.63, 3.8) is 0 Å². The Labute approximate surface area is 157 Å². The Balaban J connectivity index is 1.90. The Morgan fingerprint density at radius 1 is 1.33 bits per heavy atom. The maximum atomic E-state index is 12.7. The van der Waals surface area contributed by atoms with Gasteiger partial charge in [0.05, 0.1) is 12.7 Å². The molecule has 27 heavy (non-hydrogen) atoms. The number of nitrogens with zero attached hydrogens (tertiary/aromatic N) is 1. The van der Waals surface area contributed by atoms with Crippen LogP contribution in [0.5, 0.6) is 0 Å². The highest BCUT2D eigenvalue weighted by atomic mass is 16.5. The molecule has 1 amide bonds. The maximum absolute atomic E-state index is 12.7. The minimum Gasteiger partial charge on any atom is -0.465 e. The van der Waals surface area contributed by atoms with Crippen molar-refractivity contribution in [3.8, 4) is 0 Å². The van der Waals surface area contributed by atoms with Crippen molar-refractivity contribution >= 4 is 28.7 Å². The van der Waals surface area contributed by atoms with E-state index in [1.807, 2.05) is 20.8 Å². The van der Waals surface area contributed by atoms with Crippen LogP contribution in [0.3, 0.4) is 0 Å². The van der Waals surface area contributed by atoms with E-state index in [2.05, 4.69) is 15.3 Å². The van der Waals surface area contributed by atoms with Crippen molar-refractivity contribution in [2.24, 2.45) is 0 Å². The molecule has 0 unspecified atom stereocenters. The Morgan fingerprint density at radius 2 is 2.07 bits per heavy atom. The van der Waals surface area contributed by atoms with Crippen LogP contribution in [0.25, 0.3) is 11.1 Å². The average Bonchev–Trinajstić information content (AvgIpc) is 3.21. The number of carbonyl (C=O) groups is 2. The summed E-state index contributed by atoms with van der Waals surface area (Å²) < 4.78 is 10.5. The molecular weight excluding hydrogens is 346 g/mol. The predicted octanol–water partition coefficient (Wildman–Crippen LogP) is 4.19. The van der Waals surface area contributed by atoms with Crippen molar-refractivity contribution in [2.75, 3.05) is 12.4 Å². The molecule has 0 aliphatic rings. The fourth-order valence-electron chi connectivity index (χ4n) is 2.99. The number of aryl methyl sites for hydroxylation is 1. The zero-order valence-corrected chi connectivity index (χ0v) is 16.1. The number of rotatable bonds is 5. The van der Waals surface area contributed by atoms with E-state index in [9.17, 15) is 9.59 Å². The summed E-state index contributed by atoms with van der Waals surface area (Å²) in [7, 11) is 1.33. The molecule has 142 valence electrons. The number of hydrogen-bond donors (Lipinski definition) is 2. The number of esters is 1. The highest BCUT2D eigenvalue weighted by Crippen LogP contribution is 2.25. The van der Waals surface area contributed by atoms with Crippen molar-refractivity contribution in [3.05, 3.63) is 46.6 Å². The second kappa shape index (κ2) is 7.26. The number of benzene rings is 1. The van der Waals surface area contributed by atoms with Crippen LogP contribution in [0, 0.1) is 6.92 Å². The number of aromatic nitrogens is 2. The van der Waals surface area contributed by atoms with E-state index >= 15 is 0 Å². The third-order valence-corrected chi connectivity index (χ3v) is 4.45. The number of methoxy groups -OCH3 is 1. The monoisotopic (exact) mass is 369 g/mol. The first-order chi connectivity index (χ1) is 12.8. The number of carbonyl (C=O) groups excluding carboxylic acids is 2. The summed E-state index contributed by atoms with van der Waals surface area (Å²) >= 11 is 0. The quantitative estimate of drug-likeness (QED) is 0.657. The van der Waals surface area contributed by atoms with Gasteiger partial charge < -0.3 is 19.5 Å². The summed E-state index contributed by atoms with van der Waals surface area (Å²) in [6.45, 7) is 7.65. The molecule has 7 nitrogen and oxygen atoms in total.